The van der Waals surface area contributed by atoms with Crippen LogP contribution in [0, 0.1) is 0 Å². The number of hydrogen-bond donors (Lipinski definition) is 2. The number of ether oxygens (including phenoxy) is 2. The van der Waals surface area contributed by atoms with Gasteiger partial charge in [-0.1, -0.05) is 0 Å². The van der Waals surface area contributed by atoms with Gasteiger partial charge in [0.25, 0.3) is 5.91 Å². The first-order chi connectivity index (χ1) is 16.8. The Morgan fingerprint density at radius 3 is 2.46 bits per heavy atom. The Kier molecular flexibility index (Phi) is 6.78. The molecule has 180 valence electrons. The number of anilines is 3. The predicted octanol–water partition coefficient (Wildman–Crippen LogP) is 5.03. The van der Waals surface area contributed by atoms with Gasteiger partial charge in [-0.2, -0.15) is 22.5 Å². The molecular formula is C22H17F3N6O3S. The lowest BCUT2D eigenvalue weighted by Crippen LogP contribution is -2.11. The third-order valence-corrected chi connectivity index (χ3v) is 5.31. The number of nitrogens with one attached hydrogen (secondary N) is 2. The van der Waals surface area contributed by atoms with E-state index in [2.05, 4.69) is 30.0 Å². The smallest absolute Gasteiger partial charge is 0.419 e. The summed E-state index contributed by atoms with van der Waals surface area (Å²) < 4.78 is 53.8. The normalized spacial score (nSPS) is 11.1. The lowest BCUT2D eigenvalue weighted by molar-refractivity contribution is -0.138. The number of carbonyl (C=O) groups excluding carboxylic acids is 1. The van der Waals surface area contributed by atoms with Crippen LogP contribution in [0.25, 0.3) is 11.4 Å². The topological polar surface area (TPSA) is 111 Å². The van der Waals surface area contributed by atoms with Gasteiger partial charge in [0.2, 0.25) is 11.0 Å². The summed E-state index contributed by atoms with van der Waals surface area (Å²) in [5, 5.41) is 5.81. The second kappa shape index (κ2) is 9.93. The van der Waals surface area contributed by atoms with E-state index in [0.717, 1.165) is 24.7 Å². The second-order valence-electron chi connectivity index (χ2n) is 6.94. The third kappa shape index (κ3) is 5.63. The molecule has 4 rings (SSSR count). The Morgan fingerprint density at radius 1 is 1.00 bits per heavy atom. The fraction of sp³-hybridized carbons (Fsp3) is 0.136. The van der Waals surface area contributed by atoms with E-state index in [9.17, 15) is 18.0 Å². The van der Waals surface area contributed by atoms with E-state index in [-0.39, 0.29) is 22.3 Å². The van der Waals surface area contributed by atoms with Crippen LogP contribution in [0.4, 0.5) is 29.8 Å². The van der Waals surface area contributed by atoms with E-state index in [0.29, 0.717) is 22.9 Å². The maximum atomic E-state index is 13.3. The molecule has 2 heterocycles. The second-order valence-corrected chi connectivity index (χ2v) is 7.69. The maximum Gasteiger partial charge on any atom is 0.419 e. The molecule has 0 spiro atoms. The Labute approximate surface area is 201 Å². The van der Waals surface area contributed by atoms with Crippen molar-refractivity contribution in [1.82, 2.24) is 19.3 Å². The van der Waals surface area contributed by atoms with Crippen LogP contribution in [-0.2, 0) is 6.18 Å². The molecule has 35 heavy (non-hydrogen) atoms. The molecule has 0 radical (unpaired) electrons. The molecule has 2 N–H and O–H groups in total. The number of methoxy groups -OCH3 is 2. The number of alkyl halides is 3. The van der Waals surface area contributed by atoms with Crippen LogP contribution in [0.2, 0.25) is 0 Å². The van der Waals surface area contributed by atoms with Gasteiger partial charge in [-0.05, 0) is 42.5 Å². The monoisotopic (exact) mass is 502 g/mol. The van der Waals surface area contributed by atoms with Crippen molar-refractivity contribution in [2.75, 3.05) is 24.9 Å². The van der Waals surface area contributed by atoms with Gasteiger partial charge in [0, 0.05) is 34.4 Å². The molecule has 13 heteroatoms. The third-order valence-electron chi connectivity index (χ3n) is 4.68. The van der Waals surface area contributed by atoms with Gasteiger partial charge < -0.3 is 14.8 Å². The molecule has 4 aromatic rings. The standard InChI is InChI=1S/C22H17F3N6O3S/c1-33-16-8-5-13(9-15(16)22(23,24)25)19-29-21(35-31-19)30-20(32)12-3-6-14(7-4-12)28-17-10-18(34-2)27-11-26-17/h3-11H,1-2H3,(H,26,27,28)(H,29,30,31,32). The summed E-state index contributed by atoms with van der Waals surface area (Å²) in [6, 6.07) is 11.7. The number of aromatic nitrogens is 4. The number of nitrogens with zero attached hydrogens (tertiary/aromatic N) is 4. The number of rotatable bonds is 7. The minimum absolute atomic E-state index is 0.0540. The van der Waals surface area contributed by atoms with Gasteiger partial charge in [0.1, 0.15) is 17.9 Å². The highest BCUT2D eigenvalue weighted by atomic mass is 32.1. The summed E-state index contributed by atoms with van der Waals surface area (Å²) in [4.78, 5) is 24.7. The van der Waals surface area contributed by atoms with Crippen LogP contribution in [-0.4, -0.2) is 39.5 Å². The van der Waals surface area contributed by atoms with Crippen LogP contribution < -0.4 is 20.1 Å². The van der Waals surface area contributed by atoms with Crippen LogP contribution in [0.15, 0.2) is 54.9 Å². The summed E-state index contributed by atoms with van der Waals surface area (Å²) in [5.74, 6) is 0.218. The molecule has 9 nitrogen and oxygen atoms in total. The summed E-state index contributed by atoms with van der Waals surface area (Å²) in [7, 11) is 2.66. The van der Waals surface area contributed by atoms with Crippen molar-refractivity contribution < 1.29 is 27.4 Å². The first-order valence-electron chi connectivity index (χ1n) is 9.90. The number of amides is 1. The molecule has 0 aliphatic heterocycles. The van der Waals surface area contributed by atoms with Gasteiger partial charge in [0.05, 0.1) is 19.8 Å². The van der Waals surface area contributed by atoms with Crippen molar-refractivity contribution in [3.8, 4) is 23.0 Å². The largest absolute Gasteiger partial charge is 0.496 e. The average Bonchev–Trinajstić information content (AvgIpc) is 3.32. The molecule has 1 amide bonds. The molecule has 0 bridgehead atoms. The number of carbonyl (C=O) groups is 1. The molecule has 2 aromatic carbocycles. The molecule has 0 fully saturated rings. The Morgan fingerprint density at radius 2 is 1.77 bits per heavy atom. The van der Waals surface area contributed by atoms with E-state index >= 15 is 0 Å². The lowest BCUT2D eigenvalue weighted by atomic mass is 10.1. The fourth-order valence-electron chi connectivity index (χ4n) is 3.00. The molecule has 0 aliphatic carbocycles. The van der Waals surface area contributed by atoms with Crippen molar-refractivity contribution in [3.63, 3.8) is 0 Å². The van der Waals surface area contributed by atoms with Gasteiger partial charge in [-0.15, -0.1) is 0 Å². The molecule has 0 saturated carbocycles. The minimum Gasteiger partial charge on any atom is -0.496 e. The predicted molar refractivity (Wildman–Crippen MR) is 123 cm³/mol. The van der Waals surface area contributed by atoms with Crippen LogP contribution in [0.3, 0.4) is 0 Å². The van der Waals surface area contributed by atoms with E-state index in [4.69, 9.17) is 9.47 Å². The highest BCUT2D eigenvalue weighted by Gasteiger charge is 2.35. The van der Waals surface area contributed by atoms with Crippen LogP contribution >= 0.6 is 11.5 Å². The molecule has 0 aliphatic rings. The molecule has 0 saturated heterocycles. The van der Waals surface area contributed by atoms with Crippen molar-refractivity contribution in [1.29, 1.82) is 0 Å². The van der Waals surface area contributed by atoms with E-state index in [1.165, 1.54) is 25.6 Å². The van der Waals surface area contributed by atoms with Crippen LogP contribution in [0.1, 0.15) is 15.9 Å². The Balaban J connectivity index is 1.44. The summed E-state index contributed by atoms with van der Waals surface area (Å²) in [6.07, 6.45) is -3.25. The summed E-state index contributed by atoms with van der Waals surface area (Å²) in [5.41, 5.74) is 0.232. The first kappa shape index (κ1) is 23.9. The number of benzene rings is 2. The lowest BCUT2D eigenvalue weighted by Gasteiger charge is -2.12. The number of hydrogen-bond acceptors (Lipinski definition) is 9. The highest BCUT2D eigenvalue weighted by molar-refractivity contribution is 7.10. The van der Waals surface area contributed by atoms with Gasteiger partial charge >= 0.3 is 6.18 Å². The summed E-state index contributed by atoms with van der Waals surface area (Å²) in [6.45, 7) is 0. The zero-order valence-corrected chi connectivity index (χ0v) is 19.1. The van der Waals surface area contributed by atoms with Crippen molar-refractivity contribution in [2.24, 2.45) is 0 Å². The van der Waals surface area contributed by atoms with E-state index in [1.54, 1.807) is 30.3 Å². The quantitative estimate of drug-likeness (QED) is 0.362. The Bertz CT molecular complexity index is 1350. The van der Waals surface area contributed by atoms with Gasteiger partial charge in [-0.3, -0.25) is 10.1 Å². The zero-order chi connectivity index (χ0) is 25.0. The SMILES string of the molecule is COc1cc(Nc2ccc(C(=O)Nc3nc(-c4ccc(OC)c(C(F)(F)F)c4)ns3)cc2)ncn1. The van der Waals surface area contributed by atoms with Gasteiger partial charge in [0.15, 0.2) is 5.82 Å². The first-order valence-corrected chi connectivity index (χ1v) is 10.7. The fourth-order valence-corrected chi connectivity index (χ4v) is 3.59. The highest BCUT2D eigenvalue weighted by Crippen LogP contribution is 2.38. The molecule has 2 aromatic heterocycles. The van der Waals surface area contributed by atoms with Crippen LogP contribution in [0.5, 0.6) is 11.6 Å². The molecule has 0 unspecified atom stereocenters. The van der Waals surface area contributed by atoms with Crippen molar-refractivity contribution >= 4 is 34.1 Å². The van der Waals surface area contributed by atoms with Crippen molar-refractivity contribution in [2.45, 2.75) is 6.18 Å². The maximum absolute atomic E-state index is 13.3. The zero-order valence-electron chi connectivity index (χ0n) is 18.3. The van der Waals surface area contributed by atoms with E-state index < -0.39 is 17.6 Å². The number of halogens is 3. The summed E-state index contributed by atoms with van der Waals surface area (Å²) >= 11 is 0.855. The molecular weight excluding hydrogens is 485 g/mol. The van der Waals surface area contributed by atoms with Crippen molar-refractivity contribution in [3.05, 3.63) is 66.0 Å². The average molecular weight is 502 g/mol. The van der Waals surface area contributed by atoms with E-state index in [1.807, 2.05) is 0 Å². The Hall–Kier alpha value is -4.26. The minimum atomic E-state index is -4.60. The van der Waals surface area contributed by atoms with Gasteiger partial charge in [-0.25, -0.2) is 9.97 Å². The molecule has 0 atom stereocenters.